The number of carbonyl (C=O) groups is 1. The molecule has 0 unspecified atom stereocenters. The van der Waals surface area contributed by atoms with Crippen molar-refractivity contribution in [2.75, 3.05) is 5.73 Å². The van der Waals surface area contributed by atoms with Gasteiger partial charge in [-0.2, -0.15) is 0 Å². The number of hydrogen-bond acceptors (Lipinski definition) is 4. The molecule has 0 saturated heterocycles. The van der Waals surface area contributed by atoms with E-state index in [2.05, 4.69) is 10.3 Å². The fourth-order valence-corrected chi connectivity index (χ4v) is 0.906. The molecule has 0 aliphatic heterocycles. The molecule has 0 radical (unpaired) electrons. The lowest BCUT2D eigenvalue weighted by Gasteiger charge is -2.06. The zero-order valence-electron chi connectivity index (χ0n) is 6.98. The molecule has 0 bridgehead atoms. The zero-order chi connectivity index (χ0) is 9.30. The molecule has 0 saturated carbocycles. The summed E-state index contributed by atoms with van der Waals surface area (Å²) in [4.78, 5) is 10.8. The van der Waals surface area contributed by atoms with Crippen LogP contribution in [-0.2, 0) is 0 Å². The van der Waals surface area contributed by atoms with Crippen LogP contribution >= 0.6 is 0 Å². The minimum atomic E-state index is -0.605. The van der Waals surface area contributed by atoms with E-state index in [1.165, 1.54) is 4.68 Å². The maximum atomic E-state index is 10.8. The highest BCUT2D eigenvalue weighted by Gasteiger charge is 2.16. The Balaban J connectivity index is 3.21. The molecular weight excluding hydrogens is 158 g/mol. The number of hydrogen-bond donors (Lipinski definition) is 2. The van der Waals surface area contributed by atoms with Crippen molar-refractivity contribution >= 4 is 11.7 Å². The maximum absolute atomic E-state index is 10.8. The molecule has 0 aromatic carbocycles. The lowest BCUT2D eigenvalue weighted by atomic mass is 10.3. The summed E-state index contributed by atoms with van der Waals surface area (Å²) in [7, 11) is 0. The number of anilines is 1. The number of nitrogens with zero attached hydrogens (tertiary/aromatic N) is 3. The van der Waals surface area contributed by atoms with Crippen LogP contribution in [0.15, 0.2) is 0 Å². The maximum Gasteiger partial charge on any atom is 0.270 e. The number of aromatic nitrogens is 3. The third-order valence-electron chi connectivity index (χ3n) is 1.44. The lowest BCUT2D eigenvalue weighted by Crippen LogP contribution is -2.20. The van der Waals surface area contributed by atoms with Crippen LogP contribution in [0.1, 0.15) is 30.4 Å². The van der Waals surface area contributed by atoms with E-state index >= 15 is 0 Å². The summed E-state index contributed by atoms with van der Waals surface area (Å²) in [6.07, 6.45) is 0. The third-order valence-corrected chi connectivity index (χ3v) is 1.44. The molecule has 66 valence electrons. The van der Waals surface area contributed by atoms with E-state index in [0.717, 1.165) is 0 Å². The van der Waals surface area contributed by atoms with Gasteiger partial charge >= 0.3 is 0 Å². The number of nitrogens with two attached hydrogens (primary N) is 2. The molecule has 1 heterocycles. The van der Waals surface area contributed by atoms with Crippen molar-refractivity contribution in [2.24, 2.45) is 5.73 Å². The minimum absolute atomic E-state index is 0.0253. The van der Waals surface area contributed by atoms with Crippen LogP contribution in [0.3, 0.4) is 0 Å². The van der Waals surface area contributed by atoms with Gasteiger partial charge in [0.2, 0.25) is 0 Å². The van der Waals surface area contributed by atoms with Crippen LogP contribution in [0.4, 0.5) is 5.82 Å². The molecule has 1 aromatic rings. The molecule has 1 aromatic heterocycles. The molecule has 0 aliphatic carbocycles. The second-order valence-electron chi connectivity index (χ2n) is 2.73. The Hall–Kier alpha value is -1.59. The van der Waals surface area contributed by atoms with Gasteiger partial charge in [-0.05, 0) is 13.8 Å². The Morgan fingerprint density at radius 1 is 1.58 bits per heavy atom. The number of carbonyl (C=O) groups excluding carboxylic acids is 1. The Kier molecular flexibility index (Phi) is 1.99. The predicted molar refractivity (Wildman–Crippen MR) is 43.3 cm³/mol. The quantitative estimate of drug-likeness (QED) is 0.625. The van der Waals surface area contributed by atoms with Gasteiger partial charge in [0.15, 0.2) is 11.5 Å². The average Bonchev–Trinajstić information content (AvgIpc) is 2.30. The first-order valence-electron chi connectivity index (χ1n) is 3.54. The monoisotopic (exact) mass is 169 g/mol. The highest BCUT2D eigenvalue weighted by atomic mass is 16.1. The van der Waals surface area contributed by atoms with Gasteiger partial charge in [0.1, 0.15) is 0 Å². The molecular formula is C6H11N5O. The van der Waals surface area contributed by atoms with Gasteiger partial charge in [-0.25, -0.2) is 4.68 Å². The van der Waals surface area contributed by atoms with Gasteiger partial charge in [0.05, 0.1) is 0 Å². The number of primary amides is 1. The third kappa shape index (κ3) is 1.23. The van der Waals surface area contributed by atoms with E-state index in [0.29, 0.717) is 0 Å². The van der Waals surface area contributed by atoms with Gasteiger partial charge in [-0.1, -0.05) is 5.21 Å². The van der Waals surface area contributed by atoms with Crippen LogP contribution in [-0.4, -0.2) is 20.9 Å². The number of amides is 1. The molecule has 0 fully saturated rings. The van der Waals surface area contributed by atoms with Crippen LogP contribution in [0, 0.1) is 0 Å². The standard InChI is InChI=1S/C6H11N5O/c1-3(2)11-4(6(8)12)5(7)9-10-11/h3H,7H2,1-2H3,(H2,8,12). The predicted octanol–water partition coefficient (Wildman–Crippen LogP) is -0.460. The average molecular weight is 169 g/mol. The Morgan fingerprint density at radius 3 is 2.50 bits per heavy atom. The van der Waals surface area contributed by atoms with E-state index in [-0.39, 0.29) is 17.6 Å². The van der Waals surface area contributed by atoms with E-state index in [1.807, 2.05) is 13.8 Å². The van der Waals surface area contributed by atoms with Gasteiger partial charge in [0, 0.05) is 6.04 Å². The van der Waals surface area contributed by atoms with Gasteiger partial charge < -0.3 is 11.5 Å². The van der Waals surface area contributed by atoms with E-state index in [9.17, 15) is 4.79 Å². The first-order valence-corrected chi connectivity index (χ1v) is 3.54. The Labute approximate surface area is 69.5 Å². The minimum Gasteiger partial charge on any atom is -0.380 e. The second-order valence-corrected chi connectivity index (χ2v) is 2.73. The first-order chi connectivity index (χ1) is 5.54. The molecule has 0 spiro atoms. The lowest BCUT2D eigenvalue weighted by molar-refractivity contribution is 0.0989. The largest absolute Gasteiger partial charge is 0.380 e. The topological polar surface area (TPSA) is 99.8 Å². The summed E-state index contributed by atoms with van der Waals surface area (Å²) >= 11 is 0. The van der Waals surface area contributed by atoms with Crippen LogP contribution < -0.4 is 11.5 Å². The first kappa shape index (κ1) is 8.51. The summed E-state index contributed by atoms with van der Waals surface area (Å²) in [5.74, 6) is -0.526. The van der Waals surface area contributed by atoms with E-state index in [4.69, 9.17) is 11.5 Å². The van der Waals surface area contributed by atoms with Crippen LogP contribution in [0.25, 0.3) is 0 Å². The normalized spacial score (nSPS) is 10.6. The van der Waals surface area contributed by atoms with Gasteiger partial charge in [-0.3, -0.25) is 4.79 Å². The molecule has 1 rings (SSSR count). The van der Waals surface area contributed by atoms with Crippen molar-refractivity contribution in [2.45, 2.75) is 19.9 Å². The summed E-state index contributed by atoms with van der Waals surface area (Å²) in [5.41, 5.74) is 10.6. The molecule has 0 atom stereocenters. The molecule has 6 nitrogen and oxygen atoms in total. The number of rotatable bonds is 2. The van der Waals surface area contributed by atoms with Crippen molar-refractivity contribution in [3.05, 3.63) is 5.69 Å². The van der Waals surface area contributed by atoms with E-state index in [1.54, 1.807) is 0 Å². The van der Waals surface area contributed by atoms with Crippen molar-refractivity contribution < 1.29 is 4.79 Å². The summed E-state index contributed by atoms with van der Waals surface area (Å²) in [6, 6.07) is 0.0253. The fraction of sp³-hybridized carbons (Fsp3) is 0.500. The zero-order valence-corrected chi connectivity index (χ0v) is 6.98. The van der Waals surface area contributed by atoms with Crippen molar-refractivity contribution in [1.29, 1.82) is 0 Å². The highest BCUT2D eigenvalue weighted by Crippen LogP contribution is 2.11. The van der Waals surface area contributed by atoms with Crippen molar-refractivity contribution in [3.63, 3.8) is 0 Å². The molecule has 12 heavy (non-hydrogen) atoms. The molecule has 4 N–H and O–H groups in total. The Bertz CT molecular complexity index is 303. The second kappa shape index (κ2) is 2.80. The summed E-state index contributed by atoms with van der Waals surface area (Å²) in [6.45, 7) is 3.72. The number of nitrogen functional groups attached to an aromatic ring is 1. The Morgan fingerprint density at radius 2 is 2.17 bits per heavy atom. The smallest absolute Gasteiger partial charge is 0.270 e. The fourth-order valence-electron chi connectivity index (χ4n) is 0.906. The van der Waals surface area contributed by atoms with E-state index < -0.39 is 5.91 Å². The van der Waals surface area contributed by atoms with Gasteiger partial charge in [-0.15, -0.1) is 5.10 Å². The molecule has 0 aliphatic rings. The summed E-state index contributed by atoms with van der Waals surface area (Å²) < 4.78 is 1.40. The molecule has 1 amide bonds. The van der Waals surface area contributed by atoms with Crippen LogP contribution in [0.2, 0.25) is 0 Å². The molecule has 6 heteroatoms. The summed E-state index contributed by atoms with van der Waals surface area (Å²) in [5, 5.41) is 7.23. The SMILES string of the molecule is CC(C)n1nnc(N)c1C(N)=O. The van der Waals surface area contributed by atoms with Gasteiger partial charge in [0.25, 0.3) is 5.91 Å². The van der Waals surface area contributed by atoms with Crippen molar-refractivity contribution in [1.82, 2.24) is 15.0 Å². The van der Waals surface area contributed by atoms with Crippen molar-refractivity contribution in [3.8, 4) is 0 Å². The highest BCUT2D eigenvalue weighted by molar-refractivity contribution is 5.95. The van der Waals surface area contributed by atoms with Crippen LogP contribution in [0.5, 0.6) is 0 Å².